The Hall–Kier alpha value is -0.800. The first-order valence-corrected chi connectivity index (χ1v) is 6.00. The summed E-state index contributed by atoms with van der Waals surface area (Å²) in [6, 6.07) is 2.54. The van der Waals surface area contributed by atoms with Crippen LogP contribution in [-0.4, -0.2) is 23.8 Å². The van der Waals surface area contributed by atoms with Gasteiger partial charge in [0.1, 0.15) is 0 Å². The third-order valence-corrected chi connectivity index (χ3v) is 2.37. The van der Waals surface area contributed by atoms with Crippen LogP contribution in [0, 0.1) is 5.92 Å². The number of hydrogen-bond donors (Lipinski definition) is 1. The third-order valence-electron chi connectivity index (χ3n) is 2.37. The smallest absolute Gasteiger partial charge is 0.0617 e. The summed E-state index contributed by atoms with van der Waals surface area (Å²) in [6.07, 6.45) is 4.20. The van der Waals surface area contributed by atoms with Crippen LogP contribution < -0.4 is 5.32 Å². The van der Waals surface area contributed by atoms with E-state index in [0.717, 1.165) is 19.8 Å². The van der Waals surface area contributed by atoms with Crippen LogP contribution >= 0.6 is 0 Å². The highest BCUT2D eigenvalue weighted by Crippen LogP contribution is 2.00. The molecule has 0 amide bonds. The Bertz CT molecular complexity index is 294. The largest absolute Gasteiger partial charge is 0.380 e. The highest BCUT2D eigenvalue weighted by atomic mass is 16.5. The van der Waals surface area contributed by atoms with Crippen molar-refractivity contribution in [2.75, 3.05) is 13.2 Å². The maximum Gasteiger partial charge on any atom is 0.0617 e. The minimum absolute atomic E-state index is 0.402. The van der Waals surface area contributed by atoms with Crippen LogP contribution in [0.25, 0.3) is 0 Å². The maximum atomic E-state index is 5.58. The molecule has 0 spiro atoms. The van der Waals surface area contributed by atoms with E-state index in [-0.39, 0.29) is 0 Å². The number of rotatable bonds is 7. The van der Waals surface area contributed by atoms with Gasteiger partial charge in [-0.15, -0.1) is 0 Å². The molecule has 1 N–H and O–H groups in total. The van der Waals surface area contributed by atoms with Gasteiger partial charge in [0, 0.05) is 38.6 Å². The van der Waals surface area contributed by atoms with Crippen LogP contribution in [0.1, 0.15) is 26.3 Å². The fraction of sp³-hybridized carbons (Fsp3) is 0.692. The van der Waals surface area contributed by atoms with E-state index in [9.17, 15) is 0 Å². The van der Waals surface area contributed by atoms with Crippen LogP contribution in [-0.2, 0) is 18.3 Å². The van der Waals surface area contributed by atoms with E-state index in [4.69, 9.17) is 4.74 Å². The zero-order valence-electron chi connectivity index (χ0n) is 10.9. The zero-order valence-corrected chi connectivity index (χ0v) is 10.9. The number of aryl methyl sites for hydroxylation is 1. The molecule has 3 heteroatoms. The lowest BCUT2D eigenvalue weighted by Crippen LogP contribution is -2.30. The van der Waals surface area contributed by atoms with E-state index in [1.54, 1.807) is 0 Å². The molecule has 0 saturated heterocycles. The number of hydrogen-bond acceptors (Lipinski definition) is 2. The van der Waals surface area contributed by atoms with Gasteiger partial charge < -0.3 is 14.6 Å². The SMILES string of the molecule is CC(C)COCC(C)NCc1ccn(C)c1. The van der Waals surface area contributed by atoms with Crippen molar-refractivity contribution in [2.24, 2.45) is 13.0 Å². The lowest BCUT2D eigenvalue weighted by atomic mass is 10.2. The molecule has 1 rings (SSSR count). The highest BCUT2D eigenvalue weighted by molar-refractivity contribution is 5.09. The Labute approximate surface area is 98.8 Å². The summed E-state index contributed by atoms with van der Waals surface area (Å²) in [4.78, 5) is 0. The molecule has 1 atom stereocenters. The molecular formula is C13H24N2O. The average Bonchev–Trinajstić information content (AvgIpc) is 2.61. The topological polar surface area (TPSA) is 26.2 Å². The quantitative estimate of drug-likeness (QED) is 0.768. The van der Waals surface area contributed by atoms with Crippen molar-refractivity contribution in [3.8, 4) is 0 Å². The molecule has 1 aromatic rings. The molecule has 0 aliphatic rings. The average molecular weight is 224 g/mol. The second-order valence-corrected chi connectivity index (χ2v) is 4.90. The van der Waals surface area contributed by atoms with Gasteiger partial charge in [-0.25, -0.2) is 0 Å². The molecule has 1 heterocycles. The van der Waals surface area contributed by atoms with Crippen molar-refractivity contribution in [1.82, 2.24) is 9.88 Å². The molecule has 0 aromatic carbocycles. The van der Waals surface area contributed by atoms with Crippen molar-refractivity contribution in [3.05, 3.63) is 24.0 Å². The molecule has 1 aromatic heterocycles. The summed E-state index contributed by atoms with van der Waals surface area (Å²) >= 11 is 0. The fourth-order valence-corrected chi connectivity index (χ4v) is 1.50. The maximum absolute atomic E-state index is 5.58. The van der Waals surface area contributed by atoms with E-state index in [1.165, 1.54) is 5.56 Å². The fourth-order valence-electron chi connectivity index (χ4n) is 1.50. The van der Waals surface area contributed by atoms with Gasteiger partial charge >= 0.3 is 0 Å². The first kappa shape index (κ1) is 13.3. The van der Waals surface area contributed by atoms with Crippen molar-refractivity contribution in [1.29, 1.82) is 0 Å². The van der Waals surface area contributed by atoms with Crippen LogP contribution in [0.3, 0.4) is 0 Å². The van der Waals surface area contributed by atoms with Crippen molar-refractivity contribution >= 4 is 0 Å². The van der Waals surface area contributed by atoms with Gasteiger partial charge in [0.15, 0.2) is 0 Å². The number of aromatic nitrogens is 1. The van der Waals surface area contributed by atoms with Gasteiger partial charge in [-0.1, -0.05) is 13.8 Å². The number of nitrogens with zero attached hydrogens (tertiary/aromatic N) is 1. The summed E-state index contributed by atoms with van der Waals surface area (Å²) in [5.74, 6) is 0.612. The molecule has 0 fully saturated rings. The Kier molecular flexibility index (Phi) is 5.56. The van der Waals surface area contributed by atoms with E-state index in [1.807, 2.05) is 7.05 Å². The first-order chi connectivity index (χ1) is 7.58. The van der Waals surface area contributed by atoms with Gasteiger partial charge in [0.2, 0.25) is 0 Å². The molecule has 0 radical (unpaired) electrons. The minimum atomic E-state index is 0.402. The predicted molar refractivity (Wildman–Crippen MR) is 67.4 cm³/mol. The van der Waals surface area contributed by atoms with Gasteiger partial charge in [0.25, 0.3) is 0 Å². The lowest BCUT2D eigenvalue weighted by molar-refractivity contribution is 0.0935. The summed E-state index contributed by atoms with van der Waals surface area (Å²) in [6.45, 7) is 9.03. The second-order valence-electron chi connectivity index (χ2n) is 4.90. The Morgan fingerprint density at radius 2 is 2.06 bits per heavy atom. The van der Waals surface area contributed by atoms with E-state index < -0.39 is 0 Å². The normalized spacial score (nSPS) is 13.3. The number of nitrogens with one attached hydrogen (secondary N) is 1. The van der Waals surface area contributed by atoms with Gasteiger partial charge in [0.05, 0.1) is 6.61 Å². The molecular weight excluding hydrogens is 200 g/mol. The number of ether oxygens (including phenoxy) is 1. The third kappa shape index (κ3) is 5.33. The summed E-state index contributed by atoms with van der Waals surface area (Å²) in [5, 5.41) is 3.45. The van der Waals surface area contributed by atoms with Gasteiger partial charge in [-0.2, -0.15) is 0 Å². The molecule has 16 heavy (non-hydrogen) atoms. The molecule has 0 bridgehead atoms. The van der Waals surface area contributed by atoms with Gasteiger partial charge in [-0.3, -0.25) is 0 Å². The summed E-state index contributed by atoms with van der Waals surface area (Å²) < 4.78 is 7.65. The lowest BCUT2D eigenvalue weighted by Gasteiger charge is -2.14. The van der Waals surface area contributed by atoms with Crippen LogP contribution in [0.2, 0.25) is 0 Å². The van der Waals surface area contributed by atoms with E-state index in [2.05, 4.69) is 49.1 Å². The Morgan fingerprint density at radius 3 is 2.62 bits per heavy atom. The molecule has 3 nitrogen and oxygen atoms in total. The van der Waals surface area contributed by atoms with Crippen molar-refractivity contribution < 1.29 is 4.74 Å². The van der Waals surface area contributed by atoms with E-state index in [0.29, 0.717) is 12.0 Å². The zero-order chi connectivity index (χ0) is 12.0. The van der Waals surface area contributed by atoms with Crippen LogP contribution in [0.5, 0.6) is 0 Å². The first-order valence-electron chi connectivity index (χ1n) is 6.00. The van der Waals surface area contributed by atoms with Crippen LogP contribution in [0.4, 0.5) is 0 Å². The van der Waals surface area contributed by atoms with Crippen molar-refractivity contribution in [2.45, 2.75) is 33.4 Å². The molecule has 1 unspecified atom stereocenters. The van der Waals surface area contributed by atoms with Gasteiger partial charge in [-0.05, 0) is 24.5 Å². The molecule has 0 saturated carbocycles. The van der Waals surface area contributed by atoms with Crippen molar-refractivity contribution in [3.63, 3.8) is 0 Å². The van der Waals surface area contributed by atoms with Crippen LogP contribution in [0.15, 0.2) is 18.5 Å². The molecule has 0 aliphatic carbocycles. The molecule has 0 aliphatic heterocycles. The Balaban J connectivity index is 2.12. The second kappa shape index (κ2) is 6.71. The molecule has 92 valence electrons. The monoisotopic (exact) mass is 224 g/mol. The summed E-state index contributed by atoms with van der Waals surface area (Å²) in [5.41, 5.74) is 1.32. The predicted octanol–water partition coefficient (Wildman–Crippen LogP) is 2.18. The standard InChI is InChI=1S/C13H24N2O/c1-11(2)9-16-10-12(3)14-7-13-5-6-15(4)8-13/h5-6,8,11-12,14H,7,9-10H2,1-4H3. The highest BCUT2D eigenvalue weighted by Gasteiger charge is 2.03. The Morgan fingerprint density at radius 1 is 1.31 bits per heavy atom. The minimum Gasteiger partial charge on any atom is -0.380 e. The summed E-state index contributed by atoms with van der Waals surface area (Å²) in [7, 11) is 2.04. The van der Waals surface area contributed by atoms with E-state index >= 15 is 0 Å².